The maximum Gasteiger partial charge on any atom is 0.261 e. The Morgan fingerprint density at radius 3 is 2.33 bits per heavy atom. The van der Waals surface area contributed by atoms with E-state index in [9.17, 15) is 8.42 Å². The van der Waals surface area contributed by atoms with Gasteiger partial charge < -0.3 is 0 Å². The first-order chi connectivity index (χ1) is 8.38. The number of rotatable bonds is 5. The minimum atomic E-state index is -3.67. The van der Waals surface area contributed by atoms with Crippen LogP contribution in [0.3, 0.4) is 0 Å². The van der Waals surface area contributed by atoms with Crippen molar-refractivity contribution in [2.75, 3.05) is 6.26 Å². The van der Waals surface area contributed by atoms with E-state index in [2.05, 4.69) is 42.8 Å². The van der Waals surface area contributed by atoms with Crippen molar-refractivity contribution in [3.63, 3.8) is 0 Å². The quantitative estimate of drug-likeness (QED) is 0.661. The number of nitrogens with zero attached hydrogens (tertiary/aromatic N) is 1. The van der Waals surface area contributed by atoms with Crippen LogP contribution in [0.15, 0.2) is 24.4 Å². The molecule has 0 aliphatic heterocycles. The van der Waals surface area contributed by atoms with Gasteiger partial charge >= 0.3 is 0 Å². The fraction of sp³-hybridized carbons (Fsp3) is 0.615. The molecule has 1 rings (SSSR count). The molecule has 1 heterocycles. The van der Waals surface area contributed by atoms with E-state index in [1.54, 1.807) is 0 Å². The molecular weight excluding hydrogens is 250 g/mol. The molecule has 0 atom stereocenters. The summed E-state index contributed by atoms with van der Waals surface area (Å²) < 4.78 is 28.2. The van der Waals surface area contributed by atoms with Crippen LogP contribution in [-0.2, 0) is 23.1 Å². The van der Waals surface area contributed by atoms with Crippen LogP contribution in [0.2, 0.25) is 0 Å². The lowest BCUT2D eigenvalue weighted by Crippen LogP contribution is -2.37. The van der Waals surface area contributed by atoms with Gasteiger partial charge in [-0.15, -0.1) is 0 Å². The van der Waals surface area contributed by atoms with Crippen LogP contribution in [-0.4, -0.2) is 19.2 Å². The first kappa shape index (κ1) is 17.1. The SMILES string of the molecule is CCCC[n+]1ccccc1CCC.CS(=O)(=O)O. The average Bonchev–Trinajstić information content (AvgIpc) is 2.26. The number of aromatic nitrogens is 1. The number of unbranched alkanes of at least 4 members (excludes halogenated alkanes) is 1. The summed E-state index contributed by atoms with van der Waals surface area (Å²) in [5.74, 6) is 0. The summed E-state index contributed by atoms with van der Waals surface area (Å²) in [7, 11) is -3.67. The molecule has 18 heavy (non-hydrogen) atoms. The van der Waals surface area contributed by atoms with Crippen molar-refractivity contribution in [3.05, 3.63) is 30.1 Å². The van der Waals surface area contributed by atoms with Crippen LogP contribution in [0.5, 0.6) is 0 Å². The first-order valence-electron chi connectivity index (χ1n) is 6.28. The standard InChI is InChI=1S/C12H20N.CH4O3S/c1-3-5-10-13-11-7-6-9-12(13)8-4-2;1-5(2,3)4/h6-7,9,11H,3-5,8,10H2,1-2H3;1H3,(H,2,3,4)/q+1;. The molecule has 0 amide bonds. The molecule has 4 nitrogen and oxygen atoms in total. The molecule has 0 spiro atoms. The van der Waals surface area contributed by atoms with Crippen LogP contribution in [0.4, 0.5) is 0 Å². The molecule has 0 aliphatic carbocycles. The van der Waals surface area contributed by atoms with Crippen LogP contribution < -0.4 is 4.57 Å². The average molecular weight is 274 g/mol. The Kier molecular flexibility index (Phi) is 8.58. The van der Waals surface area contributed by atoms with Gasteiger partial charge in [-0.1, -0.05) is 26.3 Å². The second-order valence-electron chi connectivity index (χ2n) is 4.22. The van der Waals surface area contributed by atoms with E-state index in [4.69, 9.17) is 4.55 Å². The summed E-state index contributed by atoms with van der Waals surface area (Å²) in [6.45, 7) is 5.65. The summed E-state index contributed by atoms with van der Waals surface area (Å²) >= 11 is 0. The third-order valence-electron chi connectivity index (χ3n) is 2.29. The molecule has 0 radical (unpaired) electrons. The molecule has 104 valence electrons. The van der Waals surface area contributed by atoms with Gasteiger partial charge in [-0.2, -0.15) is 8.42 Å². The van der Waals surface area contributed by atoms with Crippen molar-refractivity contribution in [2.24, 2.45) is 0 Å². The number of hydrogen-bond acceptors (Lipinski definition) is 2. The van der Waals surface area contributed by atoms with E-state index in [0.717, 1.165) is 0 Å². The van der Waals surface area contributed by atoms with Crippen molar-refractivity contribution >= 4 is 10.1 Å². The Balaban J connectivity index is 0.000000494. The van der Waals surface area contributed by atoms with Gasteiger partial charge in [0, 0.05) is 25.0 Å². The predicted molar refractivity (Wildman–Crippen MR) is 73.0 cm³/mol. The van der Waals surface area contributed by atoms with Gasteiger partial charge in [0.15, 0.2) is 11.9 Å². The van der Waals surface area contributed by atoms with Crippen molar-refractivity contribution in [1.82, 2.24) is 0 Å². The maximum absolute atomic E-state index is 9.19. The number of pyridine rings is 1. The first-order valence-corrected chi connectivity index (χ1v) is 8.13. The fourth-order valence-corrected chi connectivity index (χ4v) is 1.54. The third-order valence-corrected chi connectivity index (χ3v) is 2.29. The largest absolute Gasteiger partial charge is 0.286 e. The van der Waals surface area contributed by atoms with Gasteiger partial charge in [0.1, 0.15) is 6.54 Å². The van der Waals surface area contributed by atoms with E-state index >= 15 is 0 Å². The van der Waals surface area contributed by atoms with Crippen LogP contribution in [0.25, 0.3) is 0 Å². The van der Waals surface area contributed by atoms with Crippen molar-refractivity contribution < 1.29 is 17.5 Å². The van der Waals surface area contributed by atoms with Gasteiger partial charge in [-0.25, -0.2) is 4.57 Å². The Morgan fingerprint density at radius 2 is 1.83 bits per heavy atom. The summed E-state index contributed by atoms with van der Waals surface area (Å²) in [5, 5.41) is 0. The molecule has 0 aromatic carbocycles. The fourth-order valence-electron chi connectivity index (χ4n) is 1.54. The molecular formula is C13H24NO3S+. The Bertz CT molecular complexity index is 422. The molecule has 1 N–H and O–H groups in total. The van der Waals surface area contributed by atoms with E-state index in [1.165, 1.54) is 37.9 Å². The normalized spacial score (nSPS) is 10.7. The lowest BCUT2D eigenvalue weighted by atomic mass is 10.2. The zero-order valence-electron chi connectivity index (χ0n) is 11.5. The summed E-state index contributed by atoms with van der Waals surface area (Å²) in [5.41, 5.74) is 1.47. The number of aryl methyl sites for hydroxylation is 2. The van der Waals surface area contributed by atoms with Crippen molar-refractivity contribution in [2.45, 2.75) is 46.1 Å². The van der Waals surface area contributed by atoms with Crippen molar-refractivity contribution in [3.8, 4) is 0 Å². The van der Waals surface area contributed by atoms with Gasteiger partial charge in [0.05, 0.1) is 6.26 Å². The van der Waals surface area contributed by atoms with Crippen LogP contribution in [0, 0.1) is 0 Å². The molecule has 5 heteroatoms. The highest BCUT2D eigenvalue weighted by molar-refractivity contribution is 7.85. The lowest BCUT2D eigenvalue weighted by molar-refractivity contribution is -0.704. The summed E-state index contributed by atoms with van der Waals surface area (Å²) in [6.07, 6.45) is 7.90. The van der Waals surface area contributed by atoms with E-state index in [1.807, 2.05) is 0 Å². The van der Waals surface area contributed by atoms with Gasteiger partial charge in [-0.3, -0.25) is 4.55 Å². The molecule has 0 bridgehead atoms. The van der Waals surface area contributed by atoms with Crippen LogP contribution in [0.1, 0.15) is 38.8 Å². The zero-order chi connectivity index (χ0) is 14.0. The summed E-state index contributed by atoms with van der Waals surface area (Å²) in [6, 6.07) is 6.49. The van der Waals surface area contributed by atoms with E-state index in [0.29, 0.717) is 6.26 Å². The molecule has 1 aromatic heterocycles. The van der Waals surface area contributed by atoms with Gasteiger partial charge in [0.25, 0.3) is 10.1 Å². The molecule has 0 saturated carbocycles. The second-order valence-corrected chi connectivity index (χ2v) is 5.69. The maximum atomic E-state index is 9.19. The van der Waals surface area contributed by atoms with Gasteiger partial charge in [-0.05, 0) is 6.42 Å². The Morgan fingerprint density at radius 1 is 1.22 bits per heavy atom. The predicted octanol–water partition coefficient (Wildman–Crippen LogP) is 2.23. The monoisotopic (exact) mass is 274 g/mol. The smallest absolute Gasteiger partial charge is 0.261 e. The van der Waals surface area contributed by atoms with Crippen LogP contribution >= 0.6 is 0 Å². The Labute approximate surface area is 110 Å². The highest BCUT2D eigenvalue weighted by atomic mass is 32.2. The molecule has 0 saturated heterocycles. The minimum Gasteiger partial charge on any atom is -0.286 e. The summed E-state index contributed by atoms with van der Waals surface area (Å²) in [4.78, 5) is 0. The van der Waals surface area contributed by atoms with Gasteiger partial charge in [0.2, 0.25) is 0 Å². The minimum absolute atomic E-state index is 0.715. The third kappa shape index (κ3) is 10.2. The highest BCUT2D eigenvalue weighted by Gasteiger charge is 2.06. The zero-order valence-corrected chi connectivity index (χ0v) is 12.3. The Hall–Kier alpha value is -0.940. The van der Waals surface area contributed by atoms with E-state index < -0.39 is 10.1 Å². The molecule has 1 aromatic rings. The molecule has 0 fully saturated rings. The topological polar surface area (TPSA) is 58.2 Å². The molecule has 0 aliphatic rings. The number of hydrogen-bond donors (Lipinski definition) is 1. The lowest BCUT2D eigenvalue weighted by Gasteiger charge is -2.01. The van der Waals surface area contributed by atoms with Crippen molar-refractivity contribution in [1.29, 1.82) is 0 Å². The van der Waals surface area contributed by atoms with E-state index in [-0.39, 0.29) is 0 Å². The second kappa shape index (κ2) is 9.05. The highest BCUT2D eigenvalue weighted by Crippen LogP contribution is 1.97. The molecule has 0 unspecified atom stereocenters.